The van der Waals surface area contributed by atoms with Gasteiger partial charge in [-0.1, -0.05) is 0 Å². The summed E-state index contributed by atoms with van der Waals surface area (Å²) in [6.07, 6.45) is 0.808. The quantitative estimate of drug-likeness (QED) is 0.827. The number of thiazole rings is 1. The summed E-state index contributed by atoms with van der Waals surface area (Å²) in [7, 11) is 0. The molecule has 0 aliphatic rings. The maximum Gasteiger partial charge on any atom is 0.263 e. The summed E-state index contributed by atoms with van der Waals surface area (Å²) < 4.78 is 0. The Balaban J connectivity index is 0. The van der Waals surface area contributed by atoms with Crippen LogP contribution in [-0.4, -0.2) is 24.0 Å². The van der Waals surface area contributed by atoms with Gasteiger partial charge in [-0.15, -0.1) is 36.2 Å². The lowest BCUT2D eigenvalue weighted by molar-refractivity contribution is 0.0957. The fourth-order valence-corrected chi connectivity index (χ4v) is 1.96. The van der Waals surface area contributed by atoms with Gasteiger partial charge in [0.15, 0.2) is 0 Å². The van der Waals surface area contributed by atoms with E-state index in [0.717, 1.165) is 17.1 Å². The first-order valence-corrected chi connectivity index (χ1v) is 5.39. The fraction of sp³-hybridized carbons (Fsp3) is 0.556. The Kier molecular flexibility index (Phi) is 9.86. The molecule has 4 nitrogen and oxygen atoms in total. The van der Waals surface area contributed by atoms with Crippen LogP contribution in [0.3, 0.4) is 0 Å². The predicted molar refractivity (Wildman–Crippen MR) is 72.1 cm³/mol. The summed E-state index contributed by atoms with van der Waals surface area (Å²) in [5.74, 6) is -0.0402. The van der Waals surface area contributed by atoms with Gasteiger partial charge in [-0.3, -0.25) is 4.79 Å². The molecule has 0 bridgehead atoms. The highest BCUT2D eigenvalue weighted by molar-refractivity contribution is 7.13. The lowest BCUT2D eigenvalue weighted by Crippen LogP contribution is -2.25. The lowest BCUT2D eigenvalue weighted by Gasteiger charge is -2.01. The number of hydrogen-bond donors (Lipinski definition) is 2. The Hall–Kier alpha value is -0.360. The van der Waals surface area contributed by atoms with Crippen molar-refractivity contribution in [2.24, 2.45) is 5.73 Å². The van der Waals surface area contributed by atoms with Crippen LogP contribution in [0.25, 0.3) is 0 Å². The summed E-state index contributed by atoms with van der Waals surface area (Å²) in [5, 5.41) is 3.73. The summed E-state index contributed by atoms with van der Waals surface area (Å²) in [6, 6.07) is 0. The number of carbonyl (C=O) groups excluding carboxylic acids is 1. The minimum absolute atomic E-state index is 0. The third-order valence-corrected chi connectivity index (χ3v) is 2.85. The van der Waals surface area contributed by atoms with E-state index in [2.05, 4.69) is 10.3 Å². The summed E-state index contributed by atoms with van der Waals surface area (Å²) in [5.41, 5.74) is 6.13. The minimum atomic E-state index is -0.0402. The van der Waals surface area contributed by atoms with Gasteiger partial charge in [0.25, 0.3) is 5.91 Å². The van der Waals surface area contributed by atoms with Gasteiger partial charge in [0.2, 0.25) is 0 Å². The van der Waals surface area contributed by atoms with E-state index in [1.54, 1.807) is 0 Å². The number of carbonyl (C=O) groups is 1. The largest absolute Gasteiger partial charge is 0.351 e. The molecule has 0 radical (unpaired) electrons. The van der Waals surface area contributed by atoms with Crippen LogP contribution < -0.4 is 11.1 Å². The third kappa shape index (κ3) is 5.12. The number of nitrogens with one attached hydrogen (secondary N) is 1. The predicted octanol–water partition coefficient (Wildman–Crippen LogP) is 1.68. The molecule has 0 saturated carbocycles. The van der Waals surface area contributed by atoms with Gasteiger partial charge in [-0.25, -0.2) is 4.98 Å². The molecule has 0 aliphatic carbocycles. The number of rotatable bonds is 4. The standard InChI is InChI=1S/C9H15N3OS.2ClH/c1-6-8(14-7(2)12-6)9(13)11-5-3-4-10;;/h3-5,10H2,1-2H3,(H,11,13);2*1H. The van der Waals surface area contributed by atoms with Crippen molar-refractivity contribution in [3.63, 3.8) is 0 Å². The molecule has 0 spiro atoms. The first kappa shape index (κ1) is 18.0. The summed E-state index contributed by atoms with van der Waals surface area (Å²) in [4.78, 5) is 16.5. The van der Waals surface area contributed by atoms with Crippen LogP contribution >= 0.6 is 36.2 Å². The number of nitrogens with zero attached hydrogens (tertiary/aromatic N) is 1. The second-order valence-corrected chi connectivity index (χ2v) is 4.25. The molecule has 16 heavy (non-hydrogen) atoms. The highest BCUT2D eigenvalue weighted by atomic mass is 35.5. The molecule has 3 N–H and O–H groups in total. The topological polar surface area (TPSA) is 68.0 Å². The van der Waals surface area contributed by atoms with Crippen molar-refractivity contribution < 1.29 is 4.79 Å². The molecule has 1 rings (SSSR count). The van der Waals surface area contributed by atoms with Gasteiger partial charge in [0.1, 0.15) is 4.88 Å². The smallest absolute Gasteiger partial charge is 0.263 e. The van der Waals surface area contributed by atoms with Crippen LogP contribution in [-0.2, 0) is 0 Å². The van der Waals surface area contributed by atoms with Crippen LogP contribution in [0.4, 0.5) is 0 Å². The maximum absolute atomic E-state index is 11.6. The molecule has 1 aromatic heterocycles. The van der Waals surface area contributed by atoms with Crippen LogP contribution in [0.5, 0.6) is 0 Å². The Morgan fingerprint density at radius 1 is 1.44 bits per heavy atom. The van der Waals surface area contributed by atoms with Crippen LogP contribution in [0.15, 0.2) is 0 Å². The van der Waals surface area contributed by atoms with Crippen molar-refractivity contribution in [2.75, 3.05) is 13.1 Å². The average molecular weight is 286 g/mol. The number of amides is 1. The molecule has 0 unspecified atom stereocenters. The van der Waals surface area contributed by atoms with Crippen molar-refractivity contribution in [1.82, 2.24) is 10.3 Å². The first-order chi connectivity index (χ1) is 6.65. The molecule has 7 heteroatoms. The molecule has 1 amide bonds. The zero-order valence-corrected chi connectivity index (χ0v) is 11.7. The van der Waals surface area contributed by atoms with Crippen LogP contribution in [0.2, 0.25) is 0 Å². The molecular formula is C9H17Cl2N3OS. The van der Waals surface area contributed by atoms with E-state index >= 15 is 0 Å². The minimum Gasteiger partial charge on any atom is -0.351 e. The lowest BCUT2D eigenvalue weighted by atomic mass is 10.3. The van der Waals surface area contributed by atoms with E-state index in [9.17, 15) is 4.79 Å². The number of aromatic nitrogens is 1. The zero-order chi connectivity index (χ0) is 10.6. The third-order valence-electron chi connectivity index (χ3n) is 1.78. The van der Waals surface area contributed by atoms with Gasteiger partial charge >= 0.3 is 0 Å². The molecule has 0 aliphatic heterocycles. The maximum atomic E-state index is 11.6. The number of hydrogen-bond acceptors (Lipinski definition) is 4. The Morgan fingerprint density at radius 3 is 2.50 bits per heavy atom. The van der Waals surface area contributed by atoms with E-state index in [-0.39, 0.29) is 30.7 Å². The van der Waals surface area contributed by atoms with Crippen molar-refractivity contribution in [3.05, 3.63) is 15.6 Å². The van der Waals surface area contributed by atoms with Crippen molar-refractivity contribution in [3.8, 4) is 0 Å². The molecule has 0 atom stereocenters. The summed E-state index contributed by atoms with van der Waals surface area (Å²) >= 11 is 1.43. The van der Waals surface area contributed by atoms with Crippen LogP contribution in [0.1, 0.15) is 26.8 Å². The fourth-order valence-electron chi connectivity index (χ4n) is 1.13. The molecule has 0 saturated heterocycles. The molecule has 0 fully saturated rings. The van der Waals surface area contributed by atoms with Gasteiger partial charge in [-0.05, 0) is 26.8 Å². The Morgan fingerprint density at radius 2 is 2.06 bits per heavy atom. The van der Waals surface area contributed by atoms with Gasteiger partial charge in [-0.2, -0.15) is 0 Å². The van der Waals surface area contributed by atoms with E-state index in [4.69, 9.17) is 5.73 Å². The molecule has 1 aromatic rings. The first-order valence-electron chi connectivity index (χ1n) is 4.57. The molecule has 1 heterocycles. The SMILES string of the molecule is Cc1nc(C)c(C(=O)NCCCN)s1.Cl.Cl. The van der Waals surface area contributed by atoms with Crippen molar-refractivity contribution >= 4 is 42.1 Å². The Bertz CT molecular complexity index is 331. The Labute approximate surface area is 112 Å². The molecule has 94 valence electrons. The van der Waals surface area contributed by atoms with Gasteiger partial charge in [0.05, 0.1) is 10.7 Å². The van der Waals surface area contributed by atoms with Crippen LogP contribution in [0, 0.1) is 13.8 Å². The van der Waals surface area contributed by atoms with Crippen molar-refractivity contribution in [2.45, 2.75) is 20.3 Å². The average Bonchev–Trinajstić information content (AvgIpc) is 2.45. The monoisotopic (exact) mass is 285 g/mol. The second-order valence-electron chi connectivity index (χ2n) is 3.05. The highest BCUT2D eigenvalue weighted by Gasteiger charge is 2.12. The van der Waals surface area contributed by atoms with E-state index in [1.165, 1.54) is 11.3 Å². The normalized spacial score (nSPS) is 8.94. The molecule has 0 aromatic carbocycles. The van der Waals surface area contributed by atoms with Gasteiger partial charge < -0.3 is 11.1 Å². The second kappa shape index (κ2) is 8.75. The van der Waals surface area contributed by atoms with E-state index in [0.29, 0.717) is 18.0 Å². The van der Waals surface area contributed by atoms with Crippen molar-refractivity contribution in [1.29, 1.82) is 0 Å². The number of halogens is 2. The summed E-state index contributed by atoms with van der Waals surface area (Å²) in [6.45, 7) is 4.97. The number of nitrogens with two attached hydrogens (primary N) is 1. The number of aryl methyl sites for hydroxylation is 2. The van der Waals surface area contributed by atoms with E-state index in [1.807, 2.05) is 13.8 Å². The zero-order valence-electron chi connectivity index (χ0n) is 9.28. The molecular weight excluding hydrogens is 269 g/mol. The highest BCUT2D eigenvalue weighted by Crippen LogP contribution is 2.16. The van der Waals surface area contributed by atoms with Gasteiger partial charge in [0, 0.05) is 6.54 Å². The van der Waals surface area contributed by atoms with E-state index < -0.39 is 0 Å².